The van der Waals surface area contributed by atoms with Gasteiger partial charge in [0.15, 0.2) is 0 Å². The van der Waals surface area contributed by atoms with E-state index in [4.69, 9.17) is 11.6 Å². The Morgan fingerprint density at radius 3 is 2.71 bits per heavy atom. The molecule has 1 rings (SSSR count). The fourth-order valence-corrected chi connectivity index (χ4v) is 1.28. The lowest BCUT2D eigenvalue weighted by Crippen LogP contribution is -2.24. The first-order chi connectivity index (χ1) is 6.61. The molecule has 0 bridgehead atoms. The van der Waals surface area contributed by atoms with Crippen molar-refractivity contribution in [3.63, 3.8) is 0 Å². The summed E-state index contributed by atoms with van der Waals surface area (Å²) in [4.78, 5) is 11.5. The van der Waals surface area contributed by atoms with Crippen molar-refractivity contribution >= 4 is 33.4 Å². The van der Waals surface area contributed by atoms with E-state index in [1.165, 1.54) is 0 Å². The lowest BCUT2D eigenvalue weighted by molar-refractivity contribution is 0.0958. The Hall–Kier alpha value is -0.800. The predicted octanol–water partition coefficient (Wildman–Crippen LogP) is 2.98. The molecule has 4 heteroatoms. The monoisotopic (exact) mass is 273 g/mol. The number of amides is 1. The summed E-state index contributed by atoms with van der Waals surface area (Å²) in [5.41, 5.74) is 0.475. The molecule has 0 fully saturated rings. The topological polar surface area (TPSA) is 29.1 Å². The van der Waals surface area contributed by atoms with E-state index >= 15 is 0 Å². The summed E-state index contributed by atoms with van der Waals surface area (Å²) in [6.45, 7) is 4.01. The van der Waals surface area contributed by atoms with Gasteiger partial charge in [0.2, 0.25) is 0 Å². The molecule has 0 aliphatic heterocycles. The molecule has 14 heavy (non-hydrogen) atoms. The Morgan fingerprint density at radius 2 is 2.14 bits per heavy atom. The molecule has 0 heterocycles. The first kappa shape index (κ1) is 11.3. The predicted molar refractivity (Wildman–Crippen MR) is 61.9 cm³/mol. The highest BCUT2D eigenvalue weighted by atomic mass is 79.9. The van der Waals surface area contributed by atoms with Crippen LogP contribution in [0.5, 0.6) is 0 Å². The van der Waals surface area contributed by atoms with Crippen molar-refractivity contribution < 1.29 is 4.79 Å². The Balaban J connectivity index is 2.70. The highest BCUT2D eigenvalue weighted by Gasteiger charge is 2.08. The summed E-state index contributed by atoms with van der Waals surface area (Å²) in [5, 5.41) is 3.12. The van der Waals surface area contributed by atoms with Crippen molar-refractivity contribution in [2.24, 2.45) is 0 Å². The van der Waals surface area contributed by atoms with Gasteiger partial charge in [-0.3, -0.25) is 4.79 Å². The lowest BCUT2D eigenvalue weighted by Gasteiger charge is -2.04. The van der Waals surface area contributed by atoms with Gasteiger partial charge in [-0.25, -0.2) is 0 Å². The Morgan fingerprint density at radius 1 is 1.50 bits per heavy atom. The van der Waals surface area contributed by atoms with Crippen LogP contribution in [0.3, 0.4) is 0 Å². The van der Waals surface area contributed by atoms with E-state index in [0.717, 1.165) is 4.48 Å². The molecule has 1 amide bonds. The van der Waals surface area contributed by atoms with E-state index in [2.05, 4.69) is 27.8 Å². The second-order valence-electron chi connectivity index (χ2n) is 2.68. The average molecular weight is 275 g/mol. The number of hydrogen-bond acceptors (Lipinski definition) is 1. The van der Waals surface area contributed by atoms with Crippen LogP contribution in [0.2, 0.25) is 5.02 Å². The first-order valence-electron chi connectivity index (χ1n) is 3.97. The minimum atomic E-state index is -0.198. The molecule has 0 aromatic heterocycles. The SMILES string of the molecule is C=C(Br)CNC(=O)c1ccccc1Cl. The molecule has 1 aromatic rings. The fraction of sp³-hybridized carbons (Fsp3) is 0.100. The van der Waals surface area contributed by atoms with Gasteiger partial charge in [-0.2, -0.15) is 0 Å². The smallest absolute Gasteiger partial charge is 0.253 e. The zero-order valence-electron chi connectivity index (χ0n) is 7.39. The number of halogens is 2. The molecular formula is C10H9BrClNO. The molecule has 0 atom stereocenters. The Kier molecular flexibility index (Phi) is 4.17. The quantitative estimate of drug-likeness (QED) is 0.902. The molecule has 1 aromatic carbocycles. The van der Waals surface area contributed by atoms with Crippen LogP contribution >= 0.6 is 27.5 Å². The van der Waals surface area contributed by atoms with Crippen molar-refractivity contribution in [2.75, 3.05) is 6.54 Å². The van der Waals surface area contributed by atoms with E-state index in [1.807, 2.05) is 0 Å². The van der Waals surface area contributed by atoms with E-state index in [0.29, 0.717) is 17.1 Å². The fourth-order valence-electron chi connectivity index (χ4n) is 0.917. The number of carbonyl (C=O) groups excluding carboxylic acids is 1. The third-order valence-electron chi connectivity index (χ3n) is 1.56. The van der Waals surface area contributed by atoms with Gasteiger partial charge in [0.25, 0.3) is 5.91 Å². The van der Waals surface area contributed by atoms with Crippen LogP contribution in [-0.2, 0) is 0 Å². The zero-order valence-corrected chi connectivity index (χ0v) is 9.73. The largest absolute Gasteiger partial charge is 0.347 e. The Labute approximate surface area is 96.1 Å². The lowest BCUT2D eigenvalue weighted by atomic mass is 10.2. The standard InChI is InChI=1S/C10H9BrClNO/c1-7(11)6-13-10(14)8-4-2-3-5-9(8)12/h2-5H,1,6H2,(H,13,14). The van der Waals surface area contributed by atoms with Gasteiger partial charge in [-0.1, -0.05) is 46.2 Å². The summed E-state index contributed by atoms with van der Waals surface area (Å²) in [6, 6.07) is 6.90. The molecule has 0 spiro atoms. The zero-order chi connectivity index (χ0) is 10.6. The highest BCUT2D eigenvalue weighted by Crippen LogP contribution is 2.14. The summed E-state index contributed by atoms with van der Waals surface area (Å²) < 4.78 is 0.720. The summed E-state index contributed by atoms with van der Waals surface area (Å²) in [7, 11) is 0. The van der Waals surface area contributed by atoms with Crippen LogP contribution in [0.25, 0.3) is 0 Å². The molecule has 0 aliphatic rings. The molecule has 2 nitrogen and oxygen atoms in total. The van der Waals surface area contributed by atoms with E-state index in [-0.39, 0.29) is 5.91 Å². The third kappa shape index (κ3) is 3.16. The van der Waals surface area contributed by atoms with Gasteiger partial charge in [-0.05, 0) is 12.1 Å². The summed E-state index contributed by atoms with van der Waals surface area (Å²) in [6.07, 6.45) is 0. The molecule has 1 N–H and O–H groups in total. The van der Waals surface area contributed by atoms with Crippen LogP contribution in [-0.4, -0.2) is 12.5 Å². The van der Waals surface area contributed by atoms with Crippen LogP contribution < -0.4 is 5.32 Å². The van der Waals surface area contributed by atoms with Gasteiger partial charge in [0, 0.05) is 11.0 Å². The van der Waals surface area contributed by atoms with Crippen LogP contribution in [0, 0.1) is 0 Å². The van der Waals surface area contributed by atoms with Crippen LogP contribution in [0.15, 0.2) is 35.3 Å². The van der Waals surface area contributed by atoms with Crippen LogP contribution in [0.1, 0.15) is 10.4 Å². The molecular weight excluding hydrogens is 265 g/mol. The van der Waals surface area contributed by atoms with Crippen molar-refractivity contribution in [1.82, 2.24) is 5.32 Å². The van der Waals surface area contributed by atoms with E-state index < -0.39 is 0 Å². The van der Waals surface area contributed by atoms with Gasteiger partial charge in [-0.15, -0.1) is 0 Å². The molecule has 0 unspecified atom stereocenters. The normalized spacial score (nSPS) is 9.57. The molecule has 0 aliphatic carbocycles. The number of benzene rings is 1. The average Bonchev–Trinajstić information content (AvgIpc) is 2.15. The number of hydrogen-bond donors (Lipinski definition) is 1. The second kappa shape index (κ2) is 5.17. The first-order valence-corrected chi connectivity index (χ1v) is 5.14. The van der Waals surface area contributed by atoms with Gasteiger partial charge >= 0.3 is 0 Å². The molecule has 0 radical (unpaired) electrons. The van der Waals surface area contributed by atoms with Gasteiger partial charge in [0.05, 0.1) is 10.6 Å². The van der Waals surface area contributed by atoms with Crippen molar-refractivity contribution in [2.45, 2.75) is 0 Å². The maximum absolute atomic E-state index is 11.5. The second-order valence-corrected chi connectivity index (χ2v) is 4.21. The molecule has 0 saturated heterocycles. The minimum Gasteiger partial charge on any atom is -0.347 e. The summed E-state index contributed by atoms with van der Waals surface area (Å²) in [5.74, 6) is -0.198. The molecule has 0 saturated carbocycles. The number of carbonyl (C=O) groups is 1. The number of nitrogens with one attached hydrogen (secondary N) is 1. The Bertz CT molecular complexity index is 365. The maximum atomic E-state index is 11.5. The molecule has 74 valence electrons. The van der Waals surface area contributed by atoms with Crippen molar-refractivity contribution in [3.8, 4) is 0 Å². The summed E-state index contributed by atoms with van der Waals surface area (Å²) >= 11 is 8.99. The van der Waals surface area contributed by atoms with E-state index in [9.17, 15) is 4.79 Å². The minimum absolute atomic E-state index is 0.198. The van der Waals surface area contributed by atoms with Gasteiger partial charge < -0.3 is 5.32 Å². The maximum Gasteiger partial charge on any atom is 0.253 e. The van der Waals surface area contributed by atoms with Crippen molar-refractivity contribution in [1.29, 1.82) is 0 Å². The van der Waals surface area contributed by atoms with Gasteiger partial charge in [0.1, 0.15) is 0 Å². The third-order valence-corrected chi connectivity index (χ3v) is 2.17. The van der Waals surface area contributed by atoms with Crippen LogP contribution in [0.4, 0.5) is 0 Å². The van der Waals surface area contributed by atoms with Crippen molar-refractivity contribution in [3.05, 3.63) is 45.9 Å². The highest BCUT2D eigenvalue weighted by molar-refractivity contribution is 9.11. The number of rotatable bonds is 3. The van der Waals surface area contributed by atoms with E-state index in [1.54, 1.807) is 24.3 Å².